The summed E-state index contributed by atoms with van der Waals surface area (Å²) in [5.74, 6) is 0.476. The summed E-state index contributed by atoms with van der Waals surface area (Å²) in [5.41, 5.74) is -0.293. The van der Waals surface area contributed by atoms with Crippen molar-refractivity contribution in [2.45, 2.75) is 24.5 Å². The first-order chi connectivity index (χ1) is 5.52. The molecule has 0 aromatic rings. The molecule has 2 saturated heterocycles. The Bertz CT molecular complexity index is 292. The van der Waals surface area contributed by atoms with E-state index in [1.807, 2.05) is 0 Å². The van der Waals surface area contributed by atoms with Crippen LogP contribution in [0.15, 0.2) is 0 Å². The molecule has 1 spiro atoms. The lowest BCUT2D eigenvalue weighted by Gasteiger charge is -2.20. The van der Waals surface area contributed by atoms with Gasteiger partial charge >= 0.3 is 0 Å². The van der Waals surface area contributed by atoms with E-state index in [1.54, 1.807) is 0 Å². The van der Waals surface area contributed by atoms with Crippen LogP contribution in [0.4, 0.5) is 0 Å². The van der Waals surface area contributed by atoms with E-state index in [0.29, 0.717) is 19.4 Å². The van der Waals surface area contributed by atoms with E-state index in [2.05, 4.69) is 5.32 Å². The second-order valence-corrected chi connectivity index (χ2v) is 6.05. The summed E-state index contributed by atoms with van der Waals surface area (Å²) < 4.78 is 22.4. The van der Waals surface area contributed by atoms with Gasteiger partial charge in [0.2, 0.25) is 0 Å². The van der Waals surface area contributed by atoms with Gasteiger partial charge in [0.25, 0.3) is 0 Å². The molecule has 78 valence electrons. The van der Waals surface area contributed by atoms with Crippen molar-refractivity contribution in [2.24, 2.45) is 0 Å². The van der Waals surface area contributed by atoms with Crippen LogP contribution in [0.1, 0.15) is 12.8 Å². The van der Waals surface area contributed by atoms with Crippen molar-refractivity contribution in [1.82, 2.24) is 5.32 Å². The molecule has 0 bridgehead atoms. The van der Waals surface area contributed by atoms with E-state index < -0.39 is 9.84 Å². The molecular formula is C7H14ClNO3S. The Morgan fingerprint density at radius 3 is 2.54 bits per heavy atom. The van der Waals surface area contributed by atoms with Gasteiger partial charge in [0.15, 0.2) is 9.84 Å². The largest absolute Gasteiger partial charge is 0.392 e. The fraction of sp³-hybridized carbons (Fsp3) is 1.00. The molecule has 0 amide bonds. The van der Waals surface area contributed by atoms with E-state index >= 15 is 0 Å². The van der Waals surface area contributed by atoms with Gasteiger partial charge in [0.1, 0.15) is 0 Å². The van der Waals surface area contributed by atoms with Crippen LogP contribution in [0.2, 0.25) is 0 Å². The van der Waals surface area contributed by atoms with Gasteiger partial charge < -0.3 is 10.4 Å². The molecule has 0 saturated carbocycles. The van der Waals surface area contributed by atoms with E-state index in [0.717, 1.165) is 0 Å². The Morgan fingerprint density at radius 1 is 1.46 bits per heavy atom. The third-order valence-electron chi connectivity index (χ3n) is 2.73. The van der Waals surface area contributed by atoms with Gasteiger partial charge in [0, 0.05) is 12.1 Å². The monoisotopic (exact) mass is 227 g/mol. The lowest BCUT2D eigenvalue weighted by Crippen LogP contribution is -2.40. The van der Waals surface area contributed by atoms with Crippen LogP contribution in [-0.2, 0) is 9.84 Å². The average molecular weight is 228 g/mol. The van der Waals surface area contributed by atoms with Crippen LogP contribution in [0.25, 0.3) is 0 Å². The molecule has 0 radical (unpaired) electrons. The third kappa shape index (κ3) is 2.15. The zero-order valence-electron chi connectivity index (χ0n) is 7.19. The third-order valence-corrected chi connectivity index (χ3v) is 4.55. The van der Waals surface area contributed by atoms with Crippen molar-refractivity contribution in [1.29, 1.82) is 0 Å². The van der Waals surface area contributed by atoms with Gasteiger partial charge in [-0.2, -0.15) is 0 Å². The van der Waals surface area contributed by atoms with Crippen molar-refractivity contribution in [2.75, 3.05) is 18.1 Å². The van der Waals surface area contributed by atoms with Crippen molar-refractivity contribution in [3.05, 3.63) is 0 Å². The highest BCUT2D eigenvalue weighted by Crippen LogP contribution is 2.31. The molecule has 0 aromatic carbocycles. The molecule has 2 heterocycles. The molecule has 2 aliphatic rings. The number of halogens is 1. The molecule has 2 N–H and O–H groups in total. The van der Waals surface area contributed by atoms with E-state index in [1.165, 1.54) is 0 Å². The minimum atomic E-state index is -2.84. The highest BCUT2D eigenvalue weighted by Gasteiger charge is 2.46. The minimum Gasteiger partial charge on any atom is -0.392 e. The molecule has 0 aliphatic carbocycles. The number of nitrogens with one attached hydrogen (secondary N) is 1. The summed E-state index contributed by atoms with van der Waals surface area (Å²) in [7, 11) is -2.84. The Kier molecular flexibility index (Phi) is 2.92. The number of aliphatic hydroxyl groups excluding tert-OH is 1. The number of β-amino-alcohol motifs (C(OH)–C–C–N with tert-alkyl or cyclic N) is 1. The van der Waals surface area contributed by atoms with Gasteiger partial charge in [-0.05, 0) is 12.8 Å². The highest BCUT2D eigenvalue weighted by atomic mass is 35.5. The number of aliphatic hydroxyl groups is 1. The second kappa shape index (κ2) is 3.38. The minimum absolute atomic E-state index is 0. The van der Waals surface area contributed by atoms with E-state index in [-0.39, 0.29) is 35.6 Å². The highest BCUT2D eigenvalue weighted by molar-refractivity contribution is 7.91. The number of hydrogen-bond acceptors (Lipinski definition) is 4. The Hall–Kier alpha value is 0.160. The Labute approximate surface area is 84.0 Å². The molecule has 2 rings (SSSR count). The van der Waals surface area contributed by atoms with Crippen LogP contribution in [0, 0.1) is 0 Å². The first-order valence-corrected chi connectivity index (χ1v) is 5.97. The fourth-order valence-electron chi connectivity index (χ4n) is 2.15. The van der Waals surface area contributed by atoms with Gasteiger partial charge in [-0.3, -0.25) is 0 Å². The van der Waals surface area contributed by atoms with Gasteiger partial charge in [-0.1, -0.05) is 0 Å². The normalized spacial score (nSPS) is 42.1. The van der Waals surface area contributed by atoms with Crippen LogP contribution >= 0.6 is 12.4 Å². The predicted molar refractivity (Wildman–Crippen MR) is 51.9 cm³/mol. The Balaban J connectivity index is 0.000000845. The Morgan fingerprint density at radius 2 is 2.15 bits per heavy atom. The summed E-state index contributed by atoms with van der Waals surface area (Å²) in [6.45, 7) is 0.537. The SMILES string of the molecule is Cl.O=S1(=O)CCC2(CC(O)CN2)C1. The second-order valence-electron chi connectivity index (χ2n) is 3.86. The van der Waals surface area contributed by atoms with Gasteiger partial charge in [-0.15, -0.1) is 12.4 Å². The number of hydrogen-bond donors (Lipinski definition) is 2. The van der Waals surface area contributed by atoms with E-state index in [4.69, 9.17) is 0 Å². The van der Waals surface area contributed by atoms with Crippen molar-refractivity contribution < 1.29 is 13.5 Å². The molecule has 6 heteroatoms. The summed E-state index contributed by atoms with van der Waals surface area (Å²) >= 11 is 0. The molecule has 2 fully saturated rings. The van der Waals surface area contributed by atoms with E-state index in [9.17, 15) is 13.5 Å². The maximum atomic E-state index is 11.2. The topological polar surface area (TPSA) is 66.4 Å². The van der Waals surface area contributed by atoms with Crippen molar-refractivity contribution >= 4 is 22.2 Å². The fourth-order valence-corrected chi connectivity index (χ4v) is 4.20. The van der Waals surface area contributed by atoms with Crippen LogP contribution in [0.5, 0.6) is 0 Å². The number of rotatable bonds is 0. The maximum Gasteiger partial charge on any atom is 0.152 e. The summed E-state index contributed by atoms with van der Waals surface area (Å²) in [4.78, 5) is 0. The molecule has 2 aliphatic heterocycles. The summed E-state index contributed by atoms with van der Waals surface area (Å²) in [5, 5.41) is 12.4. The molecular weight excluding hydrogens is 214 g/mol. The molecule has 0 aromatic heterocycles. The first kappa shape index (κ1) is 11.2. The summed E-state index contributed by atoms with van der Waals surface area (Å²) in [6.07, 6.45) is 0.886. The molecule has 4 nitrogen and oxygen atoms in total. The predicted octanol–water partition coefficient (Wildman–Crippen LogP) is -0.680. The number of sulfone groups is 1. The molecule has 2 unspecified atom stereocenters. The maximum absolute atomic E-state index is 11.2. The van der Waals surface area contributed by atoms with Crippen LogP contribution in [0.3, 0.4) is 0 Å². The standard InChI is InChI=1S/C7H13NO3S.ClH/c9-6-3-7(8-4-6)1-2-12(10,11)5-7;/h6,8-9H,1-5H2;1H. The quantitative estimate of drug-likeness (QED) is 0.576. The first-order valence-electron chi connectivity index (χ1n) is 4.15. The lowest BCUT2D eigenvalue weighted by atomic mass is 9.96. The van der Waals surface area contributed by atoms with Crippen molar-refractivity contribution in [3.8, 4) is 0 Å². The van der Waals surface area contributed by atoms with Crippen LogP contribution < -0.4 is 5.32 Å². The lowest BCUT2D eigenvalue weighted by molar-refractivity contribution is 0.187. The molecule has 13 heavy (non-hydrogen) atoms. The average Bonchev–Trinajstić information content (AvgIpc) is 2.41. The molecule has 2 atom stereocenters. The van der Waals surface area contributed by atoms with Gasteiger partial charge in [0.05, 0.1) is 17.6 Å². The summed E-state index contributed by atoms with van der Waals surface area (Å²) in [6, 6.07) is 0. The van der Waals surface area contributed by atoms with Crippen molar-refractivity contribution in [3.63, 3.8) is 0 Å². The zero-order valence-corrected chi connectivity index (χ0v) is 8.83. The van der Waals surface area contributed by atoms with Gasteiger partial charge in [-0.25, -0.2) is 8.42 Å². The zero-order chi connectivity index (χ0) is 8.82. The van der Waals surface area contributed by atoms with Crippen LogP contribution in [-0.4, -0.2) is 43.2 Å². The smallest absolute Gasteiger partial charge is 0.152 e.